The number of hydrogen-bond donors (Lipinski definition) is 2. The summed E-state index contributed by atoms with van der Waals surface area (Å²) in [5, 5.41) is 0. The fourth-order valence-corrected chi connectivity index (χ4v) is 1.24. The van der Waals surface area contributed by atoms with Crippen molar-refractivity contribution >= 4 is 90.5 Å². The molecule has 2 N–H and O–H groups in total. The van der Waals surface area contributed by atoms with E-state index in [1.807, 2.05) is 0 Å². The van der Waals surface area contributed by atoms with Crippen molar-refractivity contribution in [3.63, 3.8) is 0 Å². The van der Waals surface area contributed by atoms with Crippen molar-refractivity contribution in [2.45, 2.75) is 0 Å². The van der Waals surface area contributed by atoms with Crippen LogP contribution in [0.4, 0.5) is 0 Å². The monoisotopic (exact) mass is 524 g/mol. The van der Waals surface area contributed by atoms with Crippen LogP contribution < -0.4 is 0 Å². The molecule has 0 aromatic rings. The quantitative estimate of drug-likeness (QED) is 0.110. The Hall–Kier alpha value is 1.05. The Kier molecular flexibility index (Phi) is 12.9. The second-order valence-electron chi connectivity index (χ2n) is 1.94. The van der Waals surface area contributed by atoms with Gasteiger partial charge in [0.05, 0.1) is 0 Å². The normalized spacial score (nSPS) is 12.8. The first-order valence-electron chi connectivity index (χ1n) is 3.03. The van der Waals surface area contributed by atoms with Crippen molar-refractivity contribution in [3.05, 3.63) is 0 Å². The zero-order chi connectivity index (χ0) is 16.8. The summed E-state index contributed by atoms with van der Waals surface area (Å²) in [6, 6.07) is 0. The average molecular weight is 524 g/mol. The molecule has 16 nitrogen and oxygen atoms in total. The van der Waals surface area contributed by atoms with Crippen LogP contribution in [0.15, 0.2) is 0 Å². The molecule has 0 amide bonds. The van der Waals surface area contributed by atoms with E-state index in [0.29, 0.717) is 0 Å². The van der Waals surface area contributed by atoms with Crippen LogP contribution in [0.3, 0.4) is 0 Å². The molecule has 0 aromatic heterocycles. The Balaban J connectivity index is -0.000000295. The summed E-state index contributed by atoms with van der Waals surface area (Å²) in [4.78, 5) is 0. The molecule has 0 atom stereocenters. The molecule has 0 heterocycles. The van der Waals surface area contributed by atoms with Crippen molar-refractivity contribution in [1.82, 2.24) is 0 Å². The van der Waals surface area contributed by atoms with Gasteiger partial charge >= 0.3 is 69.7 Å². The fourth-order valence-electron chi connectivity index (χ4n) is 0.138. The molecule has 0 aliphatic rings. The van der Waals surface area contributed by atoms with Crippen molar-refractivity contribution in [2.75, 3.05) is 0 Å². The van der Waals surface area contributed by atoms with Crippen molar-refractivity contribution in [1.29, 1.82) is 0 Å². The first-order valence-corrected chi connectivity index (χ1v) is 8.43. The number of rotatable bonds is 6. The summed E-state index contributed by atoms with van der Waals surface area (Å²) in [6.07, 6.45) is 0. The molecule has 0 unspecified atom stereocenters. The largest absolute Gasteiger partial charge is 2.00 e. The maximum atomic E-state index is 9.48. The maximum absolute atomic E-state index is 9.48. The van der Waals surface area contributed by atoms with Crippen LogP contribution in [-0.2, 0) is 58.9 Å². The molecule has 0 aromatic carbocycles. The van der Waals surface area contributed by atoms with Gasteiger partial charge in [-0.25, -0.2) is 16.8 Å². The molecule has 0 radical (unpaired) electrons. The molecule has 21 heavy (non-hydrogen) atoms. The molecule has 0 fully saturated rings. The van der Waals surface area contributed by atoms with E-state index in [9.17, 15) is 42.8 Å². The van der Waals surface area contributed by atoms with Gasteiger partial charge in [0.25, 0.3) is 0 Å². The van der Waals surface area contributed by atoms with Gasteiger partial charge in [-0.3, -0.25) is 9.11 Å². The van der Waals surface area contributed by atoms with Crippen LogP contribution in [0, 0.1) is 0 Å². The molecular weight excluding hydrogens is 522 g/mol. The van der Waals surface area contributed by atoms with Crippen LogP contribution in [0.5, 0.6) is 0 Å². The predicted molar refractivity (Wildman–Crippen MR) is 52.6 cm³/mol. The second-order valence-corrected chi connectivity index (χ2v) is 5.83. The Morgan fingerprint density at radius 3 is 0.810 bits per heavy atom. The van der Waals surface area contributed by atoms with Crippen LogP contribution in [-0.4, -0.2) is 101 Å². The van der Waals surface area contributed by atoms with Gasteiger partial charge in [-0.05, 0) is 0 Å². The minimum absolute atomic E-state index is 0. The Labute approximate surface area is 158 Å². The molecular formula is H2BaO16S4. The summed E-state index contributed by atoms with van der Waals surface area (Å²) in [5.74, 6) is 0. The Morgan fingerprint density at radius 2 is 0.762 bits per heavy atom. The van der Waals surface area contributed by atoms with Crippen molar-refractivity contribution in [2.24, 2.45) is 0 Å². The van der Waals surface area contributed by atoms with E-state index in [1.54, 1.807) is 0 Å². The molecule has 0 aliphatic heterocycles. The van der Waals surface area contributed by atoms with Crippen LogP contribution in [0.25, 0.3) is 0 Å². The minimum Gasteiger partial charge on any atom is -0.724 e. The van der Waals surface area contributed by atoms with Gasteiger partial charge in [-0.1, -0.05) is 17.3 Å². The Bertz CT molecular complexity index is 556. The summed E-state index contributed by atoms with van der Waals surface area (Å²) >= 11 is 0. The van der Waals surface area contributed by atoms with E-state index in [0.717, 1.165) is 0 Å². The molecule has 0 spiro atoms. The minimum atomic E-state index is -5.27. The molecule has 0 rings (SSSR count). The van der Waals surface area contributed by atoms with E-state index in [1.165, 1.54) is 0 Å². The van der Waals surface area contributed by atoms with E-state index in [2.05, 4.69) is 17.3 Å². The SMILES string of the molecule is O=S(=O)([O-])OOS(=O)(=O)O.O=S(=O)([O-])OOS(=O)(=O)O.[Ba+2]. The second kappa shape index (κ2) is 10.0. The van der Waals surface area contributed by atoms with Gasteiger partial charge in [0.15, 0.2) is 0 Å². The third-order valence-electron chi connectivity index (χ3n) is 0.394. The summed E-state index contributed by atoms with van der Waals surface area (Å²) in [7, 11) is -20.7. The van der Waals surface area contributed by atoms with Crippen LogP contribution in [0.1, 0.15) is 0 Å². The third-order valence-corrected chi connectivity index (χ3v) is 1.52. The van der Waals surface area contributed by atoms with Gasteiger partial charge in [-0.15, -0.1) is 0 Å². The van der Waals surface area contributed by atoms with Gasteiger partial charge < -0.3 is 9.11 Å². The van der Waals surface area contributed by atoms with Crippen molar-refractivity contribution < 1.29 is 69.2 Å². The topological polar surface area (TPSA) is 260 Å². The van der Waals surface area contributed by atoms with E-state index < -0.39 is 41.6 Å². The standard InChI is InChI=1S/Ba.2H2O8S2/c;2*1-9(2,3)7-8-10(4,5)6/h;2*(H,1,2,3)(H,4,5,6)/q+2;;/p-2. The predicted octanol–water partition coefficient (Wildman–Crippen LogP) is -3.99. The first-order chi connectivity index (χ1) is 8.41. The number of hydrogen-bond acceptors (Lipinski definition) is 14. The maximum Gasteiger partial charge on any atom is 2.00 e. The van der Waals surface area contributed by atoms with E-state index in [4.69, 9.17) is 9.11 Å². The van der Waals surface area contributed by atoms with Crippen LogP contribution >= 0.6 is 0 Å². The third kappa shape index (κ3) is 33.7. The molecule has 124 valence electrons. The molecule has 21 heteroatoms. The van der Waals surface area contributed by atoms with Gasteiger partial charge in [0.2, 0.25) is 20.8 Å². The zero-order valence-corrected chi connectivity index (χ0v) is 16.7. The van der Waals surface area contributed by atoms with E-state index in [-0.39, 0.29) is 48.9 Å². The molecule has 0 aliphatic carbocycles. The van der Waals surface area contributed by atoms with Gasteiger partial charge in [0, 0.05) is 0 Å². The summed E-state index contributed by atoms with van der Waals surface area (Å²) in [5.41, 5.74) is 0. The van der Waals surface area contributed by atoms with Crippen LogP contribution in [0.2, 0.25) is 0 Å². The zero-order valence-electron chi connectivity index (χ0n) is 8.95. The average Bonchev–Trinajstić information content (AvgIpc) is 2.09. The van der Waals surface area contributed by atoms with Gasteiger partial charge in [-0.2, -0.15) is 16.8 Å². The molecule has 0 saturated heterocycles. The fraction of sp³-hybridized carbons (Fsp3) is 0. The van der Waals surface area contributed by atoms with E-state index >= 15 is 0 Å². The first kappa shape index (κ1) is 26.9. The summed E-state index contributed by atoms with van der Waals surface area (Å²) < 4.78 is 120. The summed E-state index contributed by atoms with van der Waals surface area (Å²) in [6.45, 7) is 0. The smallest absolute Gasteiger partial charge is 0.724 e. The Morgan fingerprint density at radius 1 is 0.571 bits per heavy atom. The van der Waals surface area contributed by atoms with Gasteiger partial charge in [0.1, 0.15) is 0 Å². The molecule has 0 bridgehead atoms. The molecule has 0 saturated carbocycles. The van der Waals surface area contributed by atoms with Crippen molar-refractivity contribution in [3.8, 4) is 0 Å².